The fraction of sp³-hybridized carbons (Fsp3) is 0.400. The molecule has 160 valence electrons. The number of amides is 1. The number of carbonyl (C=O) groups is 1. The lowest BCUT2D eigenvalue weighted by Gasteiger charge is -2.13. The van der Waals surface area contributed by atoms with Gasteiger partial charge in [-0.15, -0.1) is 21.5 Å². The van der Waals surface area contributed by atoms with Crippen LogP contribution >= 0.6 is 23.1 Å². The number of thiazole rings is 1. The molecule has 1 N–H and O–H groups in total. The Kier molecular flexibility index (Phi) is 7.33. The Morgan fingerprint density at radius 1 is 1.27 bits per heavy atom. The van der Waals surface area contributed by atoms with Gasteiger partial charge in [0.1, 0.15) is 6.61 Å². The number of benzene rings is 1. The molecule has 30 heavy (non-hydrogen) atoms. The average Bonchev–Trinajstić information content (AvgIpc) is 3.27. The molecule has 1 atom stereocenters. The third-order valence-corrected chi connectivity index (χ3v) is 6.19. The zero-order valence-electron chi connectivity index (χ0n) is 17.6. The number of anilines is 1. The van der Waals surface area contributed by atoms with Crippen molar-refractivity contribution >= 4 is 34.1 Å². The smallest absolute Gasteiger partial charge is 0.239 e. The van der Waals surface area contributed by atoms with E-state index in [2.05, 4.69) is 20.5 Å². The van der Waals surface area contributed by atoms with Crippen LogP contribution in [0.4, 0.5) is 5.13 Å². The molecule has 0 aliphatic rings. The van der Waals surface area contributed by atoms with Crippen molar-refractivity contribution in [2.24, 2.45) is 7.05 Å². The van der Waals surface area contributed by atoms with Crippen molar-refractivity contribution in [2.45, 2.75) is 44.7 Å². The van der Waals surface area contributed by atoms with Crippen LogP contribution in [0.2, 0.25) is 0 Å². The number of nitrogens with one attached hydrogen (secondary N) is 1. The van der Waals surface area contributed by atoms with E-state index >= 15 is 0 Å². The molecule has 0 radical (unpaired) electrons. The van der Waals surface area contributed by atoms with Crippen molar-refractivity contribution in [3.63, 3.8) is 0 Å². The zero-order valence-corrected chi connectivity index (χ0v) is 19.3. The quantitative estimate of drug-likeness (QED) is 0.496. The van der Waals surface area contributed by atoms with E-state index in [0.717, 1.165) is 11.3 Å². The lowest BCUT2D eigenvalue weighted by atomic mass is 10.2. The molecule has 0 aliphatic heterocycles. The van der Waals surface area contributed by atoms with Gasteiger partial charge in [-0.1, -0.05) is 17.8 Å². The first-order valence-electron chi connectivity index (χ1n) is 9.51. The van der Waals surface area contributed by atoms with E-state index in [1.807, 2.05) is 62.9 Å². The highest BCUT2D eigenvalue weighted by Crippen LogP contribution is 2.29. The molecule has 2 heterocycles. The molecule has 0 unspecified atom stereocenters. The molecule has 0 saturated heterocycles. The Labute approximate surface area is 184 Å². The minimum absolute atomic E-state index is 0.129. The lowest BCUT2D eigenvalue weighted by Crippen LogP contribution is -2.22. The second-order valence-corrected chi connectivity index (χ2v) is 8.84. The maximum Gasteiger partial charge on any atom is 0.239 e. The number of ether oxygens (including phenoxy) is 2. The van der Waals surface area contributed by atoms with Gasteiger partial charge >= 0.3 is 0 Å². The molecule has 8 nitrogen and oxygen atoms in total. The van der Waals surface area contributed by atoms with E-state index in [1.54, 1.807) is 0 Å². The summed E-state index contributed by atoms with van der Waals surface area (Å²) in [6.45, 7) is 8.46. The fourth-order valence-electron chi connectivity index (χ4n) is 2.55. The number of carbonyl (C=O) groups excluding carboxylic acids is 1. The second kappa shape index (κ2) is 9.94. The first-order chi connectivity index (χ1) is 14.4. The van der Waals surface area contributed by atoms with Gasteiger partial charge in [-0.05, 0) is 45.4 Å². The van der Waals surface area contributed by atoms with Gasteiger partial charge in [0.25, 0.3) is 0 Å². The van der Waals surface area contributed by atoms with Gasteiger partial charge < -0.3 is 19.4 Å². The number of aromatic nitrogens is 4. The monoisotopic (exact) mass is 447 g/mol. The van der Waals surface area contributed by atoms with E-state index in [9.17, 15) is 4.79 Å². The Bertz CT molecular complexity index is 1020. The summed E-state index contributed by atoms with van der Waals surface area (Å²) in [5, 5.41) is 14.0. The lowest BCUT2D eigenvalue weighted by molar-refractivity contribution is -0.115. The second-order valence-electron chi connectivity index (χ2n) is 6.67. The molecule has 0 spiro atoms. The van der Waals surface area contributed by atoms with E-state index < -0.39 is 0 Å². The fourth-order valence-corrected chi connectivity index (χ4v) is 4.07. The third kappa shape index (κ3) is 5.51. The summed E-state index contributed by atoms with van der Waals surface area (Å²) in [6.07, 6.45) is 0. The highest BCUT2D eigenvalue weighted by Gasteiger charge is 2.20. The van der Waals surface area contributed by atoms with Crippen LogP contribution in [0, 0.1) is 13.8 Å². The topological polar surface area (TPSA) is 91.2 Å². The summed E-state index contributed by atoms with van der Waals surface area (Å²) in [5.41, 5.74) is 1.98. The summed E-state index contributed by atoms with van der Waals surface area (Å²) < 4.78 is 13.4. The largest absolute Gasteiger partial charge is 0.490 e. The molecule has 1 amide bonds. The molecule has 0 fully saturated rings. The van der Waals surface area contributed by atoms with Gasteiger partial charge in [-0.3, -0.25) is 4.79 Å². The van der Waals surface area contributed by atoms with Crippen LogP contribution in [0.1, 0.15) is 30.9 Å². The van der Waals surface area contributed by atoms with Gasteiger partial charge in [0.2, 0.25) is 5.91 Å². The Morgan fingerprint density at radius 3 is 2.77 bits per heavy atom. The predicted octanol–water partition coefficient (Wildman–Crippen LogP) is 3.99. The number of rotatable bonds is 9. The van der Waals surface area contributed by atoms with Gasteiger partial charge in [-0.25, -0.2) is 4.98 Å². The first-order valence-corrected chi connectivity index (χ1v) is 11.3. The van der Waals surface area contributed by atoms with Crippen LogP contribution in [-0.2, 0) is 18.4 Å². The maximum atomic E-state index is 12.4. The minimum atomic E-state index is -0.354. The molecular weight excluding hydrogens is 422 g/mol. The molecule has 2 aromatic heterocycles. The van der Waals surface area contributed by atoms with Crippen molar-refractivity contribution in [3.8, 4) is 11.5 Å². The summed E-state index contributed by atoms with van der Waals surface area (Å²) in [6, 6.07) is 5.81. The summed E-state index contributed by atoms with van der Waals surface area (Å²) in [7, 11) is 1.86. The Balaban J connectivity index is 1.61. The van der Waals surface area contributed by atoms with Crippen LogP contribution in [0.15, 0.2) is 28.7 Å². The maximum absolute atomic E-state index is 12.4. The first kappa shape index (κ1) is 22.1. The van der Waals surface area contributed by atoms with Crippen LogP contribution < -0.4 is 14.8 Å². The van der Waals surface area contributed by atoms with Crippen LogP contribution in [0.5, 0.6) is 11.5 Å². The number of aryl methyl sites for hydroxylation is 2. The molecule has 1 aromatic carbocycles. The van der Waals surface area contributed by atoms with E-state index in [4.69, 9.17) is 9.47 Å². The number of nitrogens with zero attached hydrogens (tertiary/aromatic N) is 4. The molecular formula is C20H25N5O3S2. The van der Waals surface area contributed by atoms with Crippen LogP contribution in [0.25, 0.3) is 0 Å². The minimum Gasteiger partial charge on any atom is -0.490 e. The summed E-state index contributed by atoms with van der Waals surface area (Å²) in [5.74, 6) is 1.89. The molecule has 3 rings (SSSR count). The van der Waals surface area contributed by atoms with E-state index in [-0.39, 0.29) is 17.8 Å². The number of thioether (sulfide) groups is 1. The standard InChI is InChI=1S/C20H25N5O3S2/c1-6-27-16-9-12(2)7-8-15(16)28-10-17-23-24-20(25(17)5)30-14(4)18(26)22-19-21-13(3)11-29-19/h7-9,11,14H,6,10H2,1-5H3,(H,21,22,26)/t14-/m0/s1. The highest BCUT2D eigenvalue weighted by atomic mass is 32.2. The number of hydrogen-bond donors (Lipinski definition) is 1. The number of hydrogen-bond acceptors (Lipinski definition) is 8. The van der Waals surface area contributed by atoms with Gasteiger partial charge in [-0.2, -0.15) is 0 Å². The molecule has 0 bridgehead atoms. The predicted molar refractivity (Wildman–Crippen MR) is 118 cm³/mol. The molecule has 3 aromatic rings. The Morgan fingerprint density at radius 2 is 2.07 bits per heavy atom. The van der Waals surface area contributed by atoms with Crippen molar-refractivity contribution in [1.29, 1.82) is 0 Å². The highest BCUT2D eigenvalue weighted by molar-refractivity contribution is 8.00. The third-order valence-electron chi connectivity index (χ3n) is 4.18. The van der Waals surface area contributed by atoms with E-state index in [0.29, 0.717) is 34.2 Å². The zero-order chi connectivity index (χ0) is 21.7. The summed E-state index contributed by atoms with van der Waals surface area (Å²) >= 11 is 2.74. The average molecular weight is 448 g/mol. The van der Waals surface area contributed by atoms with Crippen LogP contribution in [0.3, 0.4) is 0 Å². The van der Waals surface area contributed by atoms with Crippen molar-refractivity contribution in [1.82, 2.24) is 19.7 Å². The van der Waals surface area contributed by atoms with E-state index in [1.165, 1.54) is 23.1 Å². The van der Waals surface area contributed by atoms with Gasteiger partial charge in [0.05, 0.1) is 17.6 Å². The van der Waals surface area contributed by atoms with Crippen molar-refractivity contribution < 1.29 is 14.3 Å². The normalized spacial score (nSPS) is 11.9. The van der Waals surface area contributed by atoms with Gasteiger partial charge in [0.15, 0.2) is 27.6 Å². The van der Waals surface area contributed by atoms with Crippen LogP contribution in [-0.4, -0.2) is 37.5 Å². The van der Waals surface area contributed by atoms with Gasteiger partial charge in [0, 0.05) is 12.4 Å². The Hall–Kier alpha value is -2.59. The summed E-state index contributed by atoms with van der Waals surface area (Å²) in [4.78, 5) is 16.7. The SMILES string of the molecule is CCOc1cc(C)ccc1OCc1nnc(S[C@@H](C)C(=O)Nc2nc(C)cs2)n1C. The molecule has 0 saturated carbocycles. The van der Waals surface area contributed by atoms with Crippen molar-refractivity contribution in [2.75, 3.05) is 11.9 Å². The molecule has 0 aliphatic carbocycles. The van der Waals surface area contributed by atoms with Crippen molar-refractivity contribution in [3.05, 3.63) is 40.7 Å². The molecule has 10 heteroatoms.